The molecule has 0 saturated carbocycles. The lowest BCUT2D eigenvalue weighted by Crippen LogP contribution is -2.39. The Morgan fingerprint density at radius 2 is 1.30 bits per heavy atom. The summed E-state index contributed by atoms with van der Waals surface area (Å²) in [6.45, 7) is 16.5. The van der Waals surface area contributed by atoms with Gasteiger partial charge in [0.05, 0.1) is 16.6 Å². The molecule has 3 aliphatic rings. The second-order valence-corrected chi connectivity index (χ2v) is 18.3. The van der Waals surface area contributed by atoms with Crippen LogP contribution in [0.3, 0.4) is 0 Å². The molecule has 3 unspecified atom stereocenters. The van der Waals surface area contributed by atoms with Crippen LogP contribution in [0.4, 0.5) is 11.4 Å². The molecule has 0 bridgehead atoms. The maximum Gasteiger partial charge on any atom is 0.0539 e. The Balaban J connectivity index is 1.18. The average Bonchev–Trinajstić information content (AvgIpc) is 3.80. The van der Waals surface area contributed by atoms with E-state index in [-0.39, 0.29) is 10.8 Å². The monoisotopic (exact) mass is 705 g/mol. The van der Waals surface area contributed by atoms with Gasteiger partial charge in [0.25, 0.3) is 0 Å². The van der Waals surface area contributed by atoms with Gasteiger partial charge < -0.3 is 14.0 Å². The summed E-state index contributed by atoms with van der Waals surface area (Å²) in [5.74, 6) is 0.916. The number of aromatic nitrogens is 2. The highest BCUT2D eigenvalue weighted by molar-refractivity contribution is 6.11. The topological polar surface area (TPSA) is 13.1 Å². The molecule has 0 amide bonds. The van der Waals surface area contributed by atoms with Gasteiger partial charge in [-0.25, -0.2) is 0 Å². The number of allylic oxidation sites excluding steroid dienone is 2. The Labute approximate surface area is 320 Å². The Morgan fingerprint density at radius 3 is 2.09 bits per heavy atom. The molecule has 3 heterocycles. The Kier molecular flexibility index (Phi) is 7.31. The first-order valence-electron chi connectivity index (χ1n) is 20.0. The van der Waals surface area contributed by atoms with E-state index in [1.165, 1.54) is 77.9 Å². The molecule has 54 heavy (non-hydrogen) atoms. The third-order valence-corrected chi connectivity index (χ3v) is 12.8. The highest BCUT2D eigenvalue weighted by Crippen LogP contribution is 2.54. The molecule has 0 fully saturated rings. The number of hydrogen-bond acceptors (Lipinski definition) is 1. The molecule has 0 radical (unpaired) electrons. The first-order chi connectivity index (χ1) is 26.0. The van der Waals surface area contributed by atoms with Gasteiger partial charge in [0.2, 0.25) is 0 Å². The summed E-state index contributed by atoms with van der Waals surface area (Å²) in [5, 5.41) is 3.99. The smallest absolute Gasteiger partial charge is 0.0539 e. The summed E-state index contributed by atoms with van der Waals surface area (Å²) in [6, 6.07) is 44.0. The lowest BCUT2D eigenvalue weighted by molar-refractivity contribution is 0.360. The van der Waals surface area contributed by atoms with Gasteiger partial charge in [-0.1, -0.05) is 121 Å². The molecule has 2 aromatic heterocycles. The van der Waals surface area contributed by atoms with Crippen molar-refractivity contribution < 1.29 is 0 Å². The van der Waals surface area contributed by atoms with Crippen LogP contribution in [-0.2, 0) is 11.8 Å². The van der Waals surface area contributed by atoms with Crippen LogP contribution in [0.5, 0.6) is 0 Å². The first kappa shape index (κ1) is 33.3. The van der Waals surface area contributed by atoms with Crippen LogP contribution in [0.15, 0.2) is 127 Å². The number of rotatable bonds is 3. The van der Waals surface area contributed by atoms with Crippen molar-refractivity contribution in [2.24, 2.45) is 11.3 Å². The number of para-hydroxylation sites is 3. The van der Waals surface area contributed by atoms with E-state index in [9.17, 15) is 0 Å². The number of benzene rings is 5. The number of fused-ring (bicyclic) bond motifs is 9. The minimum Gasteiger partial charge on any atom is -0.337 e. The van der Waals surface area contributed by atoms with Gasteiger partial charge >= 0.3 is 0 Å². The summed E-state index contributed by atoms with van der Waals surface area (Å²) in [4.78, 5) is 2.69. The van der Waals surface area contributed by atoms with Crippen molar-refractivity contribution in [3.8, 4) is 5.69 Å². The van der Waals surface area contributed by atoms with Gasteiger partial charge in [-0.2, -0.15) is 0 Å². The lowest BCUT2D eigenvalue weighted by Gasteiger charge is -2.40. The zero-order chi connectivity index (χ0) is 37.1. The third kappa shape index (κ3) is 5.00. The minimum absolute atomic E-state index is 0.0871. The average molecular weight is 706 g/mol. The quantitative estimate of drug-likeness (QED) is 0.167. The molecule has 1 aliphatic heterocycles. The van der Waals surface area contributed by atoms with E-state index >= 15 is 0 Å². The fraction of sp³-hybridized carbons (Fsp3) is 0.294. The summed E-state index contributed by atoms with van der Waals surface area (Å²) in [7, 11) is 0. The van der Waals surface area contributed by atoms with Crippen molar-refractivity contribution in [2.45, 2.75) is 85.1 Å². The third-order valence-electron chi connectivity index (χ3n) is 12.8. The molecule has 270 valence electrons. The van der Waals surface area contributed by atoms with Crippen LogP contribution >= 0.6 is 0 Å². The predicted molar refractivity (Wildman–Crippen MR) is 230 cm³/mol. The van der Waals surface area contributed by atoms with Crippen LogP contribution in [0.1, 0.15) is 89.6 Å². The Hall–Kier alpha value is -5.28. The van der Waals surface area contributed by atoms with Crippen LogP contribution < -0.4 is 4.90 Å². The Bertz CT molecular complexity index is 2680. The molecule has 3 heteroatoms. The van der Waals surface area contributed by atoms with Crippen molar-refractivity contribution in [3.05, 3.63) is 149 Å². The van der Waals surface area contributed by atoms with E-state index < -0.39 is 0 Å². The molecule has 5 aromatic carbocycles. The number of hydrogen-bond donors (Lipinski definition) is 0. The van der Waals surface area contributed by atoms with Crippen molar-refractivity contribution in [1.29, 1.82) is 0 Å². The fourth-order valence-electron chi connectivity index (χ4n) is 10.1. The van der Waals surface area contributed by atoms with E-state index in [0.29, 0.717) is 17.9 Å². The Morgan fingerprint density at radius 1 is 0.593 bits per heavy atom. The summed E-state index contributed by atoms with van der Waals surface area (Å²) in [5.41, 5.74) is 16.5. The van der Waals surface area contributed by atoms with Gasteiger partial charge in [0.1, 0.15) is 0 Å². The molecule has 10 rings (SSSR count). The summed E-state index contributed by atoms with van der Waals surface area (Å²) >= 11 is 0. The largest absolute Gasteiger partial charge is 0.337 e. The summed E-state index contributed by atoms with van der Waals surface area (Å²) in [6.07, 6.45) is 8.24. The number of anilines is 2. The van der Waals surface area contributed by atoms with E-state index in [0.717, 1.165) is 19.3 Å². The van der Waals surface area contributed by atoms with Crippen LogP contribution in [-0.4, -0.2) is 15.2 Å². The van der Waals surface area contributed by atoms with Crippen molar-refractivity contribution in [2.75, 3.05) is 4.90 Å². The maximum absolute atomic E-state index is 2.69. The van der Waals surface area contributed by atoms with Gasteiger partial charge in [0, 0.05) is 62.1 Å². The highest BCUT2D eigenvalue weighted by Gasteiger charge is 2.45. The van der Waals surface area contributed by atoms with Gasteiger partial charge in [-0.3, -0.25) is 0 Å². The van der Waals surface area contributed by atoms with E-state index in [1.54, 1.807) is 5.57 Å². The SMILES string of the molecule is CC1CC(C(C)(C)C)=CC2c3ccccc3N(c3ccc4c(c3)c3c(n4-c4ccccc4)CCC(n4c5ccccc5c5cc(C(C)(C)C)ccc54)=C3)C12. The first-order valence-corrected chi connectivity index (χ1v) is 20.0. The van der Waals surface area contributed by atoms with Crippen molar-refractivity contribution in [1.82, 2.24) is 9.13 Å². The van der Waals surface area contributed by atoms with Crippen molar-refractivity contribution in [3.63, 3.8) is 0 Å². The normalized spacial score (nSPS) is 19.9. The minimum atomic E-state index is 0.0871. The molecule has 0 spiro atoms. The second kappa shape index (κ2) is 11.9. The van der Waals surface area contributed by atoms with E-state index in [4.69, 9.17) is 0 Å². The van der Waals surface area contributed by atoms with Gasteiger partial charge in [-0.05, 0) is 108 Å². The highest BCUT2D eigenvalue weighted by atomic mass is 15.2. The second-order valence-electron chi connectivity index (χ2n) is 18.3. The van der Waals surface area contributed by atoms with Gasteiger partial charge in [-0.15, -0.1) is 0 Å². The standard InChI is InChI=1S/C51H51N3/c1-32-27-34(51(5,6)7)29-43-39-18-12-14-20-45(39)54(49(32)43)37-23-26-48-42(31-37)41-30-36(22-25-47(41)52(48)35-15-9-8-10-16-35)53-44-19-13-11-17-38(44)40-28-33(50(2,3)4)21-24-46(40)53/h8-21,23-24,26,28-32,43,49H,22,25,27H2,1-7H3. The van der Waals surface area contributed by atoms with Crippen LogP contribution in [0, 0.1) is 11.3 Å². The molecule has 3 atom stereocenters. The molecule has 0 saturated heterocycles. The maximum atomic E-state index is 2.69. The molecular weight excluding hydrogens is 655 g/mol. The zero-order valence-corrected chi connectivity index (χ0v) is 32.8. The molecule has 3 nitrogen and oxygen atoms in total. The van der Waals surface area contributed by atoms with Crippen LogP contribution in [0.25, 0.3) is 50.2 Å². The molecule has 2 aliphatic carbocycles. The van der Waals surface area contributed by atoms with E-state index in [1.807, 2.05) is 0 Å². The lowest BCUT2D eigenvalue weighted by atomic mass is 9.70. The van der Waals surface area contributed by atoms with Crippen molar-refractivity contribution >= 4 is 55.9 Å². The van der Waals surface area contributed by atoms with Gasteiger partial charge in [0.15, 0.2) is 0 Å². The molecule has 0 N–H and O–H groups in total. The molecular formula is C51H51N3. The summed E-state index contributed by atoms with van der Waals surface area (Å²) < 4.78 is 5.09. The fourth-order valence-corrected chi connectivity index (χ4v) is 10.1. The molecule has 7 aromatic rings. The van der Waals surface area contributed by atoms with Crippen LogP contribution in [0.2, 0.25) is 0 Å². The zero-order valence-electron chi connectivity index (χ0n) is 32.8. The number of nitrogens with zero attached hydrogens (tertiary/aromatic N) is 3. The predicted octanol–water partition coefficient (Wildman–Crippen LogP) is 13.6. The van der Waals surface area contributed by atoms with E-state index in [2.05, 4.69) is 190 Å².